The number of carbonyl (C=O) groups is 1. The van der Waals surface area contributed by atoms with Gasteiger partial charge in [0.1, 0.15) is 11.3 Å². The molecule has 1 heterocycles. The van der Waals surface area contributed by atoms with Crippen molar-refractivity contribution in [2.75, 3.05) is 13.7 Å². The number of halogens is 1. The maximum Gasteiger partial charge on any atom is 0.287 e. The molecule has 5 nitrogen and oxygen atoms in total. The number of rotatable bonds is 5. The van der Waals surface area contributed by atoms with Gasteiger partial charge in [-0.1, -0.05) is 29.3 Å². The maximum absolute atomic E-state index is 12.3. The van der Waals surface area contributed by atoms with Crippen LogP contribution in [0.25, 0.3) is 11.0 Å². The molecular weight excluding hydrogens is 354 g/mol. The number of hydrogen-bond donors (Lipinski definition) is 1. The van der Waals surface area contributed by atoms with Gasteiger partial charge in [-0.15, -0.1) is 0 Å². The number of amides is 1. The summed E-state index contributed by atoms with van der Waals surface area (Å²) in [6.45, 7) is 2.39. The van der Waals surface area contributed by atoms with Gasteiger partial charge in [-0.05, 0) is 43.2 Å². The largest absolute Gasteiger partial charge is 0.496 e. The molecule has 0 aliphatic heterocycles. The molecule has 2 aromatic carbocycles. The van der Waals surface area contributed by atoms with Crippen molar-refractivity contribution in [2.45, 2.75) is 13.3 Å². The van der Waals surface area contributed by atoms with E-state index in [0.717, 1.165) is 16.9 Å². The number of fused-ring (bicyclic) bond motifs is 1. The minimum absolute atomic E-state index is 0.0268. The Hall–Kier alpha value is -2.79. The van der Waals surface area contributed by atoms with Gasteiger partial charge in [-0.3, -0.25) is 9.59 Å². The quantitative estimate of drug-likeness (QED) is 0.741. The number of benzene rings is 2. The number of hydrogen-bond acceptors (Lipinski definition) is 4. The Balaban J connectivity index is 1.73. The van der Waals surface area contributed by atoms with Crippen molar-refractivity contribution < 1.29 is 13.9 Å². The first kappa shape index (κ1) is 18.0. The van der Waals surface area contributed by atoms with Crippen LogP contribution in [0.1, 0.15) is 21.7 Å². The van der Waals surface area contributed by atoms with E-state index in [1.807, 2.05) is 25.1 Å². The van der Waals surface area contributed by atoms with E-state index in [-0.39, 0.29) is 11.2 Å². The number of carbonyl (C=O) groups excluding carboxylic acids is 1. The Kier molecular flexibility index (Phi) is 5.28. The lowest BCUT2D eigenvalue weighted by molar-refractivity contribution is 0.0927. The molecule has 134 valence electrons. The second-order valence-electron chi connectivity index (χ2n) is 5.94. The molecular formula is C20H18ClNO4. The molecule has 0 aliphatic carbocycles. The van der Waals surface area contributed by atoms with Gasteiger partial charge in [0.2, 0.25) is 0 Å². The van der Waals surface area contributed by atoms with Crippen LogP contribution < -0.4 is 15.5 Å². The van der Waals surface area contributed by atoms with E-state index in [9.17, 15) is 9.59 Å². The number of nitrogens with one attached hydrogen (secondary N) is 1. The molecule has 26 heavy (non-hydrogen) atoms. The number of methoxy groups -OCH3 is 1. The van der Waals surface area contributed by atoms with Crippen LogP contribution in [-0.2, 0) is 6.42 Å². The molecule has 3 rings (SSSR count). The van der Waals surface area contributed by atoms with Crippen molar-refractivity contribution in [1.82, 2.24) is 5.32 Å². The first-order chi connectivity index (χ1) is 12.5. The maximum atomic E-state index is 12.3. The Bertz CT molecular complexity index is 1030. The molecule has 3 aromatic rings. The molecule has 0 aliphatic rings. The highest BCUT2D eigenvalue weighted by Gasteiger charge is 2.13. The summed E-state index contributed by atoms with van der Waals surface area (Å²) in [7, 11) is 1.61. The third-order valence-corrected chi connectivity index (χ3v) is 4.26. The molecule has 1 N–H and O–H groups in total. The third-order valence-electron chi connectivity index (χ3n) is 4.03. The summed E-state index contributed by atoms with van der Waals surface area (Å²) >= 11 is 5.89. The molecule has 6 heteroatoms. The highest BCUT2D eigenvalue weighted by molar-refractivity contribution is 6.31. The van der Waals surface area contributed by atoms with Crippen molar-refractivity contribution in [3.63, 3.8) is 0 Å². The van der Waals surface area contributed by atoms with Crippen LogP contribution >= 0.6 is 11.6 Å². The van der Waals surface area contributed by atoms with Crippen LogP contribution in [0.2, 0.25) is 5.02 Å². The summed E-state index contributed by atoms with van der Waals surface area (Å²) in [6, 6.07) is 11.8. The molecule has 0 spiro atoms. The fourth-order valence-corrected chi connectivity index (χ4v) is 2.91. The van der Waals surface area contributed by atoms with Gasteiger partial charge in [0.25, 0.3) is 5.91 Å². The minimum atomic E-state index is -0.439. The first-order valence-corrected chi connectivity index (χ1v) is 8.51. The molecule has 0 radical (unpaired) electrons. The third kappa shape index (κ3) is 3.89. The van der Waals surface area contributed by atoms with Gasteiger partial charge in [-0.25, -0.2) is 0 Å². The highest BCUT2D eigenvalue weighted by Crippen LogP contribution is 2.20. The average Bonchev–Trinajstić information content (AvgIpc) is 2.62. The Morgan fingerprint density at radius 1 is 1.19 bits per heavy atom. The summed E-state index contributed by atoms with van der Waals surface area (Å²) in [5.41, 5.74) is 2.14. The molecule has 0 saturated heterocycles. The van der Waals surface area contributed by atoms with E-state index in [0.29, 0.717) is 29.0 Å². The summed E-state index contributed by atoms with van der Waals surface area (Å²) < 4.78 is 10.9. The van der Waals surface area contributed by atoms with Gasteiger partial charge < -0.3 is 14.5 Å². The Morgan fingerprint density at radius 2 is 2.00 bits per heavy atom. The Morgan fingerprint density at radius 3 is 2.77 bits per heavy atom. The van der Waals surface area contributed by atoms with Crippen LogP contribution in [0.5, 0.6) is 5.75 Å². The molecule has 1 aromatic heterocycles. The molecule has 0 fully saturated rings. The van der Waals surface area contributed by atoms with Crippen molar-refractivity contribution in [2.24, 2.45) is 0 Å². The fourth-order valence-electron chi connectivity index (χ4n) is 2.74. The normalized spacial score (nSPS) is 10.7. The van der Waals surface area contributed by atoms with Gasteiger partial charge in [0.05, 0.1) is 12.5 Å². The van der Waals surface area contributed by atoms with Gasteiger partial charge in [0, 0.05) is 17.6 Å². The lowest BCUT2D eigenvalue weighted by Gasteiger charge is -2.10. The summed E-state index contributed by atoms with van der Waals surface area (Å²) in [5, 5.41) is 3.55. The smallest absolute Gasteiger partial charge is 0.287 e. The molecule has 1 amide bonds. The summed E-state index contributed by atoms with van der Waals surface area (Å²) in [6.07, 6.45) is 0.601. The van der Waals surface area contributed by atoms with E-state index < -0.39 is 5.91 Å². The zero-order valence-electron chi connectivity index (χ0n) is 14.5. The number of ether oxygens (including phenoxy) is 1. The lowest BCUT2D eigenvalue weighted by Crippen LogP contribution is -2.26. The van der Waals surface area contributed by atoms with Crippen LogP contribution in [-0.4, -0.2) is 19.6 Å². The van der Waals surface area contributed by atoms with Crippen LogP contribution in [0.15, 0.2) is 51.7 Å². The monoisotopic (exact) mass is 371 g/mol. The van der Waals surface area contributed by atoms with E-state index >= 15 is 0 Å². The molecule has 0 bridgehead atoms. The summed E-state index contributed by atoms with van der Waals surface area (Å²) in [5.74, 6) is 0.311. The summed E-state index contributed by atoms with van der Waals surface area (Å²) in [4.78, 5) is 24.5. The van der Waals surface area contributed by atoms with E-state index in [4.69, 9.17) is 20.8 Å². The van der Waals surface area contributed by atoms with Crippen molar-refractivity contribution in [3.05, 3.63) is 74.6 Å². The standard InChI is InChI=1S/C20H18ClNO4/c1-12-3-5-17(25-2)13(9-12)7-8-22-20(24)19-11-16(23)15-10-14(21)4-6-18(15)26-19/h3-6,9-11H,7-8H2,1-2H3,(H,22,24). The predicted octanol–water partition coefficient (Wildman–Crippen LogP) is 3.74. The second-order valence-corrected chi connectivity index (χ2v) is 6.37. The average molecular weight is 372 g/mol. The van der Waals surface area contributed by atoms with E-state index in [1.54, 1.807) is 19.2 Å². The van der Waals surface area contributed by atoms with E-state index in [1.165, 1.54) is 12.1 Å². The molecule has 0 saturated carbocycles. The first-order valence-electron chi connectivity index (χ1n) is 8.13. The topological polar surface area (TPSA) is 68.5 Å². The van der Waals surface area contributed by atoms with Gasteiger partial charge in [-0.2, -0.15) is 0 Å². The SMILES string of the molecule is COc1ccc(C)cc1CCNC(=O)c1cc(=O)c2cc(Cl)ccc2o1. The molecule has 0 atom stereocenters. The lowest BCUT2D eigenvalue weighted by atomic mass is 10.1. The van der Waals surface area contributed by atoms with Crippen molar-refractivity contribution in [3.8, 4) is 5.75 Å². The predicted molar refractivity (Wildman–Crippen MR) is 101 cm³/mol. The second kappa shape index (κ2) is 7.62. The van der Waals surface area contributed by atoms with Crippen molar-refractivity contribution in [1.29, 1.82) is 0 Å². The highest BCUT2D eigenvalue weighted by atomic mass is 35.5. The fraction of sp³-hybridized carbons (Fsp3) is 0.200. The van der Waals surface area contributed by atoms with E-state index in [2.05, 4.69) is 5.32 Å². The van der Waals surface area contributed by atoms with Crippen LogP contribution in [0.4, 0.5) is 0 Å². The van der Waals surface area contributed by atoms with Gasteiger partial charge >= 0.3 is 0 Å². The van der Waals surface area contributed by atoms with Crippen LogP contribution in [0, 0.1) is 6.92 Å². The zero-order chi connectivity index (χ0) is 18.7. The molecule has 0 unspecified atom stereocenters. The van der Waals surface area contributed by atoms with Crippen molar-refractivity contribution >= 4 is 28.5 Å². The Labute approximate surface area is 155 Å². The van der Waals surface area contributed by atoms with Crippen LogP contribution in [0.3, 0.4) is 0 Å². The van der Waals surface area contributed by atoms with Gasteiger partial charge in [0.15, 0.2) is 11.2 Å². The number of aryl methyl sites for hydroxylation is 1. The zero-order valence-corrected chi connectivity index (χ0v) is 15.2. The minimum Gasteiger partial charge on any atom is -0.496 e.